The van der Waals surface area contributed by atoms with E-state index in [1.54, 1.807) is 24.3 Å². The average Bonchev–Trinajstić information content (AvgIpc) is 2.59. The largest absolute Gasteiger partial charge is 0.467 e. The van der Waals surface area contributed by atoms with Gasteiger partial charge in [-0.15, -0.1) is 0 Å². The molecule has 140 valence electrons. The molecule has 0 heterocycles. The Labute approximate surface area is 165 Å². The summed E-state index contributed by atoms with van der Waals surface area (Å²) in [4.78, 5) is 23.3. The molecule has 0 aliphatic rings. The lowest BCUT2D eigenvalue weighted by atomic mass is 10.0. The van der Waals surface area contributed by atoms with Crippen LogP contribution in [0.5, 0.6) is 0 Å². The van der Waals surface area contributed by atoms with Gasteiger partial charge in [0.2, 0.25) is 4.33 Å². The van der Waals surface area contributed by atoms with Crippen molar-refractivity contribution in [3.05, 3.63) is 34.9 Å². The van der Waals surface area contributed by atoms with Gasteiger partial charge in [-0.3, -0.25) is 4.79 Å². The van der Waals surface area contributed by atoms with Crippen molar-refractivity contribution in [3.8, 4) is 0 Å². The topological polar surface area (TPSA) is 43.4 Å². The minimum Gasteiger partial charge on any atom is -0.467 e. The molecule has 0 radical (unpaired) electrons. The zero-order chi connectivity index (χ0) is 18.7. The number of hydrogen-bond donors (Lipinski definition) is 0. The number of Topliss-reactive ketones (excluding diaryl/α,β-unsaturated/α-hetero) is 1. The molecule has 6 heteroatoms. The first-order valence-electron chi connectivity index (χ1n) is 8.62. The summed E-state index contributed by atoms with van der Waals surface area (Å²) in [6.45, 7) is 0. The summed E-state index contributed by atoms with van der Waals surface area (Å²) in [6.07, 6.45) is 7.94. The van der Waals surface area contributed by atoms with Gasteiger partial charge in [0, 0.05) is 17.0 Å². The second-order valence-electron chi connectivity index (χ2n) is 6.10. The van der Waals surface area contributed by atoms with E-state index < -0.39 is 10.3 Å². The zero-order valence-electron chi connectivity index (χ0n) is 14.5. The predicted molar refractivity (Wildman–Crippen MR) is 104 cm³/mol. The Morgan fingerprint density at radius 1 is 0.920 bits per heavy atom. The highest BCUT2D eigenvalue weighted by Gasteiger charge is 2.33. The smallest absolute Gasteiger partial charge is 0.342 e. The SMILES string of the molecule is COC(=O)C(Cl)(Cl)CCCCCCCCCC(=O)c1ccc(Cl)cc1. The van der Waals surface area contributed by atoms with Gasteiger partial charge in [0.25, 0.3) is 0 Å². The van der Waals surface area contributed by atoms with Gasteiger partial charge in [-0.05, 0) is 43.5 Å². The fraction of sp³-hybridized carbons (Fsp3) is 0.579. The minimum absolute atomic E-state index is 0.167. The molecule has 1 aromatic carbocycles. The molecule has 0 spiro atoms. The van der Waals surface area contributed by atoms with E-state index in [0.29, 0.717) is 17.9 Å². The van der Waals surface area contributed by atoms with Gasteiger partial charge >= 0.3 is 5.97 Å². The molecule has 0 aliphatic carbocycles. The van der Waals surface area contributed by atoms with Crippen LogP contribution in [0.2, 0.25) is 5.02 Å². The molecule has 0 saturated carbocycles. The normalized spacial score (nSPS) is 11.4. The molecule has 0 N–H and O–H groups in total. The maximum atomic E-state index is 12.0. The third kappa shape index (κ3) is 8.94. The number of carbonyl (C=O) groups is 2. The van der Waals surface area contributed by atoms with Crippen LogP contribution in [0.25, 0.3) is 0 Å². The Morgan fingerprint density at radius 3 is 2.00 bits per heavy atom. The van der Waals surface area contributed by atoms with Crippen LogP contribution in [-0.2, 0) is 9.53 Å². The van der Waals surface area contributed by atoms with Gasteiger partial charge in [-0.25, -0.2) is 4.79 Å². The first-order valence-corrected chi connectivity index (χ1v) is 9.75. The number of benzene rings is 1. The van der Waals surface area contributed by atoms with E-state index in [0.717, 1.165) is 50.5 Å². The van der Waals surface area contributed by atoms with Crippen molar-refractivity contribution in [2.75, 3.05) is 7.11 Å². The van der Waals surface area contributed by atoms with Gasteiger partial charge in [0.1, 0.15) is 0 Å². The maximum absolute atomic E-state index is 12.0. The molecule has 0 amide bonds. The van der Waals surface area contributed by atoms with Crippen molar-refractivity contribution in [2.45, 2.75) is 62.1 Å². The monoisotopic (exact) mass is 406 g/mol. The van der Waals surface area contributed by atoms with Crippen LogP contribution >= 0.6 is 34.8 Å². The number of unbranched alkanes of at least 4 members (excludes halogenated alkanes) is 6. The van der Waals surface area contributed by atoms with Crippen LogP contribution in [0.4, 0.5) is 0 Å². The Kier molecular flexibility index (Phi) is 10.5. The highest BCUT2D eigenvalue weighted by Crippen LogP contribution is 2.29. The van der Waals surface area contributed by atoms with E-state index in [1.807, 2.05) is 0 Å². The minimum atomic E-state index is -1.43. The van der Waals surface area contributed by atoms with E-state index in [9.17, 15) is 9.59 Å². The summed E-state index contributed by atoms with van der Waals surface area (Å²) in [7, 11) is 1.28. The molecular formula is C19H25Cl3O3. The van der Waals surface area contributed by atoms with Gasteiger partial charge in [-0.1, -0.05) is 66.9 Å². The fourth-order valence-electron chi connectivity index (χ4n) is 2.55. The summed E-state index contributed by atoms with van der Waals surface area (Å²) in [5.74, 6) is -0.429. The van der Waals surface area contributed by atoms with Crippen LogP contribution in [0, 0.1) is 0 Å². The predicted octanol–water partition coefficient (Wildman–Crippen LogP) is 6.38. The van der Waals surface area contributed by atoms with Gasteiger partial charge in [0.15, 0.2) is 5.78 Å². The number of halogens is 3. The third-order valence-electron chi connectivity index (χ3n) is 4.04. The number of carbonyl (C=O) groups excluding carboxylic acids is 2. The fourth-order valence-corrected chi connectivity index (χ4v) is 3.10. The summed E-state index contributed by atoms with van der Waals surface area (Å²) in [5, 5.41) is 0.642. The van der Waals surface area contributed by atoms with E-state index >= 15 is 0 Å². The highest BCUT2D eigenvalue weighted by molar-refractivity contribution is 6.57. The van der Waals surface area contributed by atoms with Crippen LogP contribution in [-0.4, -0.2) is 23.2 Å². The van der Waals surface area contributed by atoms with Crippen LogP contribution in [0.1, 0.15) is 68.1 Å². The molecule has 25 heavy (non-hydrogen) atoms. The van der Waals surface area contributed by atoms with E-state index in [2.05, 4.69) is 4.74 Å². The molecule has 0 fully saturated rings. The summed E-state index contributed by atoms with van der Waals surface area (Å²) in [5.41, 5.74) is 0.723. The Balaban J connectivity index is 2.03. The van der Waals surface area contributed by atoms with Crippen molar-refractivity contribution < 1.29 is 14.3 Å². The quantitative estimate of drug-likeness (QED) is 0.175. The lowest BCUT2D eigenvalue weighted by molar-refractivity contribution is -0.141. The summed E-state index contributed by atoms with van der Waals surface area (Å²) >= 11 is 17.6. The maximum Gasteiger partial charge on any atom is 0.342 e. The number of alkyl halides is 2. The molecule has 0 unspecified atom stereocenters. The van der Waals surface area contributed by atoms with Crippen molar-refractivity contribution in [1.29, 1.82) is 0 Å². The molecule has 0 saturated heterocycles. The molecule has 0 bridgehead atoms. The molecule has 0 atom stereocenters. The Morgan fingerprint density at radius 2 is 1.44 bits per heavy atom. The van der Waals surface area contributed by atoms with Crippen molar-refractivity contribution in [3.63, 3.8) is 0 Å². The van der Waals surface area contributed by atoms with E-state index in [1.165, 1.54) is 7.11 Å². The number of rotatable bonds is 12. The Bertz CT molecular complexity index is 541. The summed E-state index contributed by atoms with van der Waals surface area (Å²) in [6, 6.07) is 7.02. The number of esters is 1. The lowest BCUT2D eigenvalue weighted by Gasteiger charge is -2.15. The van der Waals surface area contributed by atoms with Crippen molar-refractivity contribution >= 4 is 46.6 Å². The van der Waals surface area contributed by atoms with Gasteiger partial charge in [0.05, 0.1) is 7.11 Å². The third-order valence-corrected chi connectivity index (χ3v) is 4.98. The number of ketones is 1. The number of hydrogen-bond acceptors (Lipinski definition) is 3. The first kappa shape index (κ1) is 22.3. The van der Waals surface area contributed by atoms with Crippen LogP contribution in [0.3, 0.4) is 0 Å². The molecular weight excluding hydrogens is 383 g/mol. The molecule has 0 aromatic heterocycles. The summed E-state index contributed by atoms with van der Waals surface area (Å²) < 4.78 is 3.12. The number of ether oxygens (including phenoxy) is 1. The van der Waals surface area contributed by atoms with E-state index in [4.69, 9.17) is 34.8 Å². The molecule has 3 nitrogen and oxygen atoms in total. The van der Waals surface area contributed by atoms with Crippen molar-refractivity contribution in [2.24, 2.45) is 0 Å². The number of methoxy groups -OCH3 is 1. The highest BCUT2D eigenvalue weighted by atomic mass is 35.5. The molecule has 1 rings (SSSR count). The van der Waals surface area contributed by atoms with Crippen LogP contribution < -0.4 is 0 Å². The van der Waals surface area contributed by atoms with Crippen LogP contribution in [0.15, 0.2) is 24.3 Å². The Hall–Kier alpha value is -0.770. The molecule has 0 aliphatic heterocycles. The van der Waals surface area contributed by atoms with Gasteiger partial charge in [-0.2, -0.15) is 0 Å². The zero-order valence-corrected chi connectivity index (χ0v) is 16.8. The lowest BCUT2D eigenvalue weighted by Crippen LogP contribution is -2.27. The average molecular weight is 408 g/mol. The second kappa shape index (κ2) is 11.8. The first-order chi connectivity index (χ1) is 11.9. The molecule has 1 aromatic rings. The van der Waals surface area contributed by atoms with Crippen molar-refractivity contribution in [1.82, 2.24) is 0 Å². The standard InChI is InChI=1S/C19H25Cl3O3/c1-25-18(24)19(21,22)14-8-6-4-2-3-5-7-9-17(23)15-10-12-16(20)13-11-15/h10-13H,2-9,14H2,1H3. The van der Waals surface area contributed by atoms with Gasteiger partial charge < -0.3 is 4.74 Å². The van der Waals surface area contributed by atoms with E-state index in [-0.39, 0.29) is 5.78 Å². The second-order valence-corrected chi connectivity index (χ2v) is 8.02.